The van der Waals surface area contributed by atoms with Gasteiger partial charge < -0.3 is 0 Å². The SMILES string of the molecule is CCCC(=O)CC(C)=O.CCCC[O][Ti]([O]CCCC)[O]CCCC. The van der Waals surface area contributed by atoms with Crippen molar-refractivity contribution >= 4 is 11.6 Å². The van der Waals surface area contributed by atoms with Gasteiger partial charge in [-0.15, -0.1) is 0 Å². The van der Waals surface area contributed by atoms with E-state index >= 15 is 0 Å². The van der Waals surface area contributed by atoms with Crippen molar-refractivity contribution in [3.8, 4) is 0 Å². The Balaban J connectivity index is 0. The maximum absolute atomic E-state index is 10.6. The summed E-state index contributed by atoms with van der Waals surface area (Å²) < 4.78 is 17.1. The van der Waals surface area contributed by atoms with Crippen LogP contribution in [0.3, 0.4) is 0 Å². The molecule has 0 aromatic carbocycles. The van der Waals surface area contributed by atoms with Crippen LogP contribution in [-0.4, -0.2) is 31.4 Å². The van der Waals surface area contributed by atoms with Crippen LogP contribution in [0.4, 0.5) is 0 Å². The number of ketones is 2. The van der Waals surface area contributed by atoms with Crippen LogP contribution in [0.5, 0.6) is 0 Å². The number of carbonyl (C=O) groups excluding carboxylic acids is 2. The van der Waals surface area contributed by atoms with Crippen LogP contribution in [0.1, 0.15) is 92.4 Å². The summed E-state index contributed by atoms with van der Waals surface area (Å²) in [5.74, 6) is 0.0263. The van der Waals surface area contributed by atoms with E-state index in [1.807, 2.05) is 6.92 Å². The number of hydrogen-bond donors (Lipinski definition) is 0. The van der Waals surface area contributed by atoms with E-state index in [2.05, 4.69) is 20.8 Å². The van der Waals surface area contributed by atoms with Crippen molar-refractivity contribution in [2.45, 2.75) is 92.4 Å². The molecule has 0 heterocycles. The fourth-order valence-electron chi connectivity index (χ4n) is 1.67. The van der Waals surface area contributed by atoms with Gasteiger partial charge >= 0.3 is 108 Å². The molecule has 0 amide bonds. The summed E-state index contributed by atoms with van der Waals surface area (Å²) in [7, 11) is 0. The second kappa shape index (κ2) is 22.0. The minimum absolute atomic E-state index is 0.0338. The van der Waals surface area contributed by atoms with Gasteiger partial charge in [-0.3, -0.25) is 9.59 Å². The number of rotatable bonds is 16. The summed E-state index contributed by atoms with van der Waals surface area (Å²) in [5, 5.41) is 0. The van der Waals surface area contributed by atoms with E-state index in [0.29, 0.717) is 6.42 Å². The number of Topliss-reactive ketones (excluding diaryl/α,β-unsaturated/α-hetero) is 2. The first-order valence-corrected chi connectivity index (χ1v) is 11.7. The molecular weight excluding hydrogens is 356 g/mol. The third-order valence-corrected chi connectivity index (χ3v) is 5.19. The van der Waals surface area contributed by atoms with Gasteiger partial charge in [0.15, 0.2) is 0 Å². The van der Waals surface area contributed by atoms with Crippen molar-refractivity contribution in [1.82, 2.24) is 0 Å². The average molecular weight is 395 g/mol. The van der Waals surface area contributed by atoms with Gasteiger partial charge in [0.1, 0.15) is 11.6 Å². The van der Waals surface area contributed by atoms with Gasteiger partial charge in [0.25, 0.3) is 0 Å². The molecule has 0 saturated carbocycles. The van der Waals surface area contributed by atoms with Gasteiger partial charge in [-0.25, -0.2) is 0 Å². The molecule has 5 nitrogen and oxygen atoms in total. The fourth-order valence-corrected chi connectivity index (χ4v) is 3.52. The van der Waals surface area contributed by atoms with Gasteiger partial charge in [0.05, 0.1) is 6.42 Å². The summed E-state index contributed by atoms with van der Waals surface area (Å²) in [5.41, 5.74) is 0. The zero-order chi connectivity index (χ0) is 19.3. The van der Waals surface area contributed by atoms with Crippen molar-refractivity contribution in [2.75, 3.05) is 19.8 Å². The van der Waals surface area contributed by atoms with Crippen LogP contribution < -0.4 is 0 Å². The second-order valence-electron chi connectivity index (χ2n) is 6.02. The Hall–Kier alpha value is -0.0657. The molecule has 0 aliphatic rings. The molecule has 0 N–H and O–H groups in total. The summed E-state index contributed by atoms with van der Waals surface area (Å²) in [6.45, 7) is 12.3. The van der Waals surface area contributed by atoms with Crippen LogP contribution in [0.2, 0.25) is 0 Å². The third-order valence-electron chi connectivity index (χ3n) is 3.13. The van der Waals surface area contributed by atoms with Crippen LogP contribution in [-0.2, 0) is 38.6 Å². The maximum atomic E-state index is 10.6. The first kappa shape index (κ1) is 27.2. The van der Waals surface area contributed by atoms with E-state index in [1.165, 1.54) is 6.92 Å². The van der Waals surface area contributed by atoms with Crippen molar-refractivity contribution in [3.05, 3.63) is 0 Å². The van der Waals surface area contributed by atoms with Crippen LogP contribution in [0, 0.1) is 0 Å². The Morgan fingerprint density at radius 2 is 1.12 bits per heavy atom. The summed E-state index contributed by atoms with van der Waals surface area (Å²) in [4.78, 5) is 20.9. The van der Waals surface area contributed by atoms with E-state index < -0.39 is 19.0 Å². The molecular formula is C19H39O5Ti. The Labute approximate surface area is 162 Å². The normalized spacial score (nSPS) is 10.1. The van der Waals surface area contributed by atoms with Gasteiger partial charge in [0.2, 0.25) is 0 Å². The topological polar surface area (TPSA) is 61.8 Å². The Bertz CT molecular complexity index is 286. The zero-order valence-corrected chi connectivity index (χ0v) is 18.6. The monoisotopic (exact) mass is 395 g/mol. The van der Waals surface area contributed by atoms with Crippen LogP contribution in [0.15, 0.2) is 0 Å². The fraction of sp³-hybridized carbons (Fsp3) is 0.895. The van der Waals surface area contributed by atoms with Crippen molar-refractivity contribution in [3.63, 3.8) is 0 Å². The summed E-state index contributed by atoms with van der Waals surface area (Å²) in [6, 6.07) is 0. The van der Waals surface area contributed by atoms with E-state index in [-0.39, 0.29) is 18.0 Å². The van der Waals surface area contributed by atoms with Crippen LogP contribution >= 0.6 is 0 Å². The van der Waals surface area contributed by atoms with E-state index in [9.17, 15) is 9.59 Å². The standard InChI is InChI=1S/C7H12O2.3C4H9O.Ti/c1-3-4-7(9)5-6(2)8;3*1-2-3-4-5;/h3-5H2,1-2H3;3*2-4H2,1H3;/q;3*-1;+3. The number of unbranched alkanes of at least 4 members (excludes halogenated alkanes) is 3. The van der Waals surface area contributed by atoms with E-state index in [4.69, 9.17) is 9.96 Å². The molecule has 0 spiro atoms. The molecule has 0 aromatic heterocycles. The summed E-state index contributed by atoms with van der Waals surface area (Å²) in [6.07, 6.45) is 8.29. The Kier molecular flexibility index (Phi) is 23.9. The molecule has 0 atom stereocenters. The average Bonchev–Trinajstić information content (AvgIpc) is 2.55. The third kappa shape index (κ3) is 23.9. The van der Waals surface area contributed by atoms with Crippen molar-refractivity contribution < 1.29 is 38.6 Å². The number of hydrogen-bond acceptors (Lipinski definition) is 5. The summed E-state index contributed by atoms with van der Waals surface area (Å²) >= 11 is -2.10. The molecule has 0 unspecified atom stereocenters. The quantitative estimate of drug-likeness (QED) is 0.206. The molecule has 149 valence electrons. The molecule has 6 heteroatoms. The molecule has 0 fully saturated rings. The predicted molar refractivity (Wildman–Crippen MR) is 97.8 cm³/mol. The zero-order valence-electron chi connectivity index (χ0n) is 17.0. The van der Waals surface area contributed by atoms with Gasteiger partial charge in [-0.1, -0.05) is 6.92 Å². The molecule has 0 bridgehead atoms. The molecule has 0 aromatic rings. The molecule has 0 aliphatic carbocycles. The van der Waals surface area contributed by atoms with Gasteiger partial charge in [0, 0.05) is 6.42 Å². The molecule has 25 heavy (non-hydrogen) atoms. The first-order chi connectivity index (χ1) is 12.0. The Morgan fingerprint density at radius 3 is 1.40 bits per heavy atom. The van der Waals surface area contributed by atoms with Gasteiger partial charge in [-0.05, 0) is 13.3 Å². The molecule has 0 rings (SSSR count). The van der Waals surface area contributed by atoms with E-state index in [0.717, 1.165) is 64.8 Å². The Morgan fingerprint density at radius 1 is 0.720 bits per heavy atom. The van der Waals surface area contributed by atoms with Crippen molar-refractivity contribution in [1.29, 1.82) is 0 Å². The van der Waals surface area contributed by atoms with Crippen LogP contribution in [0.25, 0.3) is 0 Å². The van der Waals surface area contributed by atoms with Crippen molar-refractivity contribution in [2.24, 2.45) is 0 Å². The second-order valence-corrected chi connectivity index (χ2v) is 8.16. The first-order valence-electron chi connectivity index (χ1n) is 9.78. The van der Waals surface area contributed by atoms with Gasteiger partial charge in [-0.2, -0.15) is 0 Å². The minimum atomic E-state index is -2.10. The van der Waals surface area contributed by atoms with E-state index in [1.54, 1.807) is 0 Å². The molecule has 0 radical (unpaired) electrons. The number of carbonyl (C=O) groups is 2. The molecule has 0 aliphatic heterocycles. The molecule has 0 saturated heterocycles. The predicted octanol–water partition coefficient (Wildman–Crippen LogP) is 5.13.